The molecule has 0 radical (unpaired) electrons. The summed E-state index contributed by atoms with van der Waals surface area (Å²) < 4.78 is 13.1. The van der Waals surface area contributed by atoms with Gasteiger partial charge in [-0.05, 0) is 29.2 Å². The number of nitrogens with two attached hydrogens (primary N) is 1. The molecule has 0 heterocycles. The van der Waals surface area contributed by atoms with Crippen LogP contribution in [0.2, 0.25) is 0 Å². The highest BCUT2D eigenvalue weighted by atomic mass is 19.1. The molecule has 2 rings (SSSR count). The Kier molecular flexibility index (Phi) is 4.91. The van der Waals surface area contributed by atoms with E-state index in [4.69, 9.17) is 5.73 Å². The molecule has 0 bridgehead atoms. The molecule has 2 N–H and O–H groups in total. The molecule has 0 fully saturated rings. The van der Waals surface area contributed by atoms with Crippen molar-refractivity contribution in [3.63, 3.8) is 0 Å². The molecule has 2 aromatic carbocycles. The van der Waals surface area contributed by atoms with E-state index >= 15 is 0 Å². The highest BCUT2D eigenvalue weighted by Gasteiger charge is 2.25. The van der Waals surface area contributed by atoms with Crippen molar-refractivity contribution in [2.75, 3.05) is 0 Å². The van der Waals surface area contributed by atoms with Crippen LogP contribution in [0.25, 0.3) is 0 Å². The summed E-state index contributed by atoms with van der Waals surface area (Å²) in [4.78, 5) is 0. The van der Waals surface area contributed by atoms with Crippen molar-refractivity contribution >= 4 is 0 Å². The molecule has 2 aromatic rings. The lowest BCUT2D eigenvalue weighted by atomic mass is 9.78. The van der Waals surface area contributed by atoms with Gasteiger partial charge in [-0.1, -0.05) is 62.7 Å². The molecule has 0 aromatic heterocycles. The molecular weight excluding hydrogens is 249 g/mol. The highest BCUT2D eigenvalue weighted by Crippen LogP contribution is 2.36. The molecule has 0 aliphatic carbocycles. The molecule has 3 unspecified atom stereocenters. The zero-order valence-electron chi connectivity index (χ0n) is 12.1. The van der Waals surface area contributed by atoms with E-state index in [1.54, 1.807) is 12.1 Å². The normalized spacial score (nSPS) is 15.6. The topological polar surface area (TPSA) is 26.0 Å². The van der Waals surface area contributed by atoms with Gasteiger partial charge in [-0.2, -0.15) is 0 Å². The smallest absolute Gasteiger partial charge is 0.123 e. The summed E-state index contributed by atoms with van der Waals surface area (Å²) in [7, 11) is 0. The fourth-order valence-corrected chi connectivity index (χ4v) is 2.71. The van der Waals surface area contributed by atoms with Crippen LogP contribution < -0.4 is 5.73 Å². The number of benzene rings is 2. The average Bonchev–Trinajstić information content (AvgIpc) is 2.49. The first kappa shape index (κ1) is 14.7. The van der Waals surface area contributed by atoms with Crippen LogP contribution in [0, 0.1) is 11.7 Å². The molecule has 106 valence electrons. The van der Waals surface area contributed by atoms with Gasteiger partial charge in [0.05, 0.1) is 0 Å². The lowest BCUT2D eigenvalue weighted by Gasteiger charge is -2.30. The van der Waals surface area contributed by atoms with Crippen molar-refractivity contribution < 1.29 is 4.39 Å². The van der Waals surface area contributed by atoms with E-state index in [2.05, 4.69) is 26.0 Å². The Bertz CT molecular complexity index is 521. The minimum Gasteiger partial charge on any atom is -0.323 e. The fourth-order valence-electron chi connectivity index (χ4n) is 2.71. The largest absolute Gasteiger partial charge is 0.323 e. The maximum atomic E-state index is 13.1. The third-order valence-electron chi connectivity index (χ3n) is 4.08. The zero-order valence-corrected chi connectivity index (χ0v) is 12.1. The molecule has 0 saturated heterocycles. The summed E-state index contributed by atoms with van der Waals surface area (Å²) in [6, 6.07) is 16.8. The number of halogens is 1. The van der Waals surface area contributed by atoms with Gasteiger partial charge in [0.1, 0.15) is 5.82 Å². The van der Waals surface area contributed by atoms with Gasteiger partial charge in [-0.25, -0.2) is 4.39 Å². The van der Waals surface area contributed by atoms with Crippen molar-refractivity contribution in [3.8, 4) is 0 Å². The predicted octanol–water partition coefficient (Wildman–Crippen LogP) is 4.66. The second kappa shape index (κ2) is 6.67. The zero-order chi connectivity index (χ0) is 14.5. The first-order valence-corrected chi connectivity index (χ1v) is 7.19. The van der Waals surface area contributed by atoms with Crippen LogP contribution in [-0.4, -0.2) is 0 Å². The van der Waals surface area contributed by atoms with Crippen LogP contribution in [0.1, 0.15) is 43.4 Å². The van der Waals surface area contributed by atoms with Crippen LogP contribution in [0.5, 0.6) is 0 Å². The quantitative estimate of drug-likeness (QED) is 0.841. The van der Waals surface area contributed by atoms with E-state index in [0.29, 0.717) is 5.92 Å². The summed E-state index contributed by atoms with van der Waals surface area (Å²) in [5.41, 5.74) is 8.71. The van der Waals surface area contributed by atoms with E-state index in [1.807, 2.05) is 18.2 Å². The van der Waals surface area contributed by atoms with Crippen LogP contribution >= 0.6 is 0 Å². The lowest BCUT2D eigenvalue weighted by molar-refractivity contribution is 0.387. The van der Waals surface area contributed by atoms with Crippen LogP contribution in [0.15, 0.2) is 54.6 Å². The van der Waals surface area contributed by atoms with Gasteiger partial charge < -0.3 is 5.73 Å². The predicted molar refractivity (Wildman–Crippen MR) is 82.0 cm³/mol. The lowest BCUT2D eigenvalue weighted by Crippen LogP contribution is -2.25. The van der Waals surface area contributed by atoms with Crippen molar-refractivity contribution in [1.29, 1.82) is 0 Å². The Morgan fingerprint density at radius 1 is 0.950 bits per heavy atom. The van der Waals surface area contributed by atoms with Gasteiger partial charge >= 0.3 is 0 Å². The minimum atomic E-state index is -0.222. The van der Waals surface area contributed by atoms with Gasteiger partial charge in [0.2, 0.25) is 0 Å². The Hall–Kier alpha value is -1.67. The second-order valence-electron chi connectivity index (χ2n) is 5.40. The maximum absolute atomic E-state index is 13.1. The minimum absolute atomic E-state index is 0.118. The number of hydrogen-bond acceptors (Lipinski definition) is 1. The first-order chi connectivity index (χ1) is 9.63. The highest BCUT2D eigenvalue weighted by molar-refractivity contribution is 5.28. The van der Waals surface area contributed by atoms with Gasteiger partial charge in [-0.3, -0.25) is 0 Å². The summed E-state index contributed by atoms with van der Waals surface area (Å²) in [6.45, 7) is 4.40. The van der Waals surface area contributed by atoms with Crippen LogP contribution in [-0.2, 0) is 0 Å². The SMILES string of the molecule is CCC(C)C(c1ccccc1)C(N)c1ccc(F)cc1. The number of rotatable bonds is 5. The Balaban J connectivity index is 2.34. The molecule has 20 heavy (non-hydrogen) atoms. The monoisotopic (exact) mass is 271 g/mol. The summed E-state index contributed by atoms with van der Waals surface area (Å²) in [6.07, 6.45) is 1.06. The van der Waals surface area contributed by atoms with Crippen molar-refractivity contribution in [3.05, 3.63) is 71.5 Å². The molecular formula is C18H22FN. The molecule has 0 aliphatic heterocycles. The molecule has 0 spiro atoms. The van der Waals surface area contributed by atoms with Gasteiger partial charge in [0, 0.05) is 12.0 Å². The molecule has 0 aliphatic rings. The van der Waals surface area contributed by atoms with Crippen LogP contribution in [0.4, 0.5) is 4.39 Å². The van der Waals surface area contributed by atoms with E-state index in [-0.39, 0.29) is 17.8 Å². The van der Waals surface area contributed by atoms with Gasteiger partial charge in [-0.15, -0.1) is 0 Å². The molecule has 3 atom stereocenters. The Morgan fingerprint density at radius 2 is 1.55 bits per heavy atom. The standard InChI is InChI=1S/C18H22FN/c1-3-13(2)17(14-7-5-4-6-8-14)18(20)15-9-11-16(19)12-10-15/h4-13,17-18H,3,20H2,1-2H3. The van der Waals surface area contributed by atoms with Crippen molar-refractivity contribution in [2.45, 2.75) is 32.2 Å². The van der Waals surface area contributed by atoms with E-state index in [9.17, 15) is 4.39 Å². The van der Waals surface area contributed by atoms with Gasteiger partial charge in [0.15, 0.2) is 0 Å². The molecule has 0 amide bonds. The third-order valence-corrected chi connectivity index (χ3v) is 4.08. The summed E-state index contributed by atoms with van der Waals surface area (Å²) >= 11 is 0. The third kappa shape index (κ3) is 3.26. The summed E-state index contributed by atoms with van der Waals surface area (Å²) in [5.74, 6) is 0.491. The Morgan fingerprint density at radius 3 is 2.10 bits per heavy atom. The average molecular weight is 271 g/mol. The summed E-state index contributed by atoms with van der Waals surface area (Å²) in [5, 5.41) is 0. The van der Waals surface area contributed by atoms with E-state index in [1.165, 1.54) is 17.7 Å². The van der Waals surface area contributed by atoms with Crippen molar-refractivity contribution in [2.24, 2.45) is 11.7 Å². The fraction of sp³-hybridized carbons (Fsp3) is 0.333. The van der Waals surface area contributed by atoms with Crippen molar-refractivity contribution in [1.82, 2.24) is 0 Å². The number of hydrogen-bond donors (Lipinski definition) is 1. The molecule has 1 nitrogen and oxygen atoms in total. The first-order valence-electron chi connectivity index (χ1n) is 7.19. The van der Waals surface area contributed by atoms with Gasteiger partial charge in [0.25, 0.3) is 0 Å². The maximum Gasteiger partial charge on any atom is 0.123 e. The van der Waals surface area contributed by atoms with E-state index < -0.39 is 0 Å². The molecule has 0 saturated carbocycles. The van der Waals surface area contributed by atoms with Crippen LogP contribution in [0.3, 0.4) is 0 Å². The Labute approximate surface area is 120 Å². The van der Waals surface area contributed by atoms with E-state index in [0.717, 1.165) is 12.0 Å². The second-order valence-corrected chi connectivity index (χ2v) is 5.40. The molecule has 2 heteroatoms.